The van der Waals surface area contributed by atoms with Gasteiger partial charge in [-0.3, -0.25) is 0 Å². The summed E-state index contributed by atoms with van der Waals surface area (Å²) < 4.78 is 8.99. The summed E-state index contributed by atoms with van der Waals surface area (Å²) in [6.07, 6.45) is 14.4. The molecule has 1 aliphatic heterocycles. The van der Waals surface area contributed by atoms with Crippen molar-refractivity contribution >= 4 is 5.97 Å². The SMILES string of the molecule is C1=CCCC=C1.O=C(O)C1=COC=CO1. The smallest absolute Gasteiger partial charge is 0.375 e. The fourth-order valence-electron chi connectivity index (χ4n) is 0.905. The monoisotopic (exact) mass is 208 g/mol. The third-order valence-electron chi connectivity index (χ3n) is 1.60. The highest BCUT2D eigenvalue weighted by Crippen LogP contribution is 2.03. The Morgan fingerprint density at radius 1 is 1.20 bits per heavy atom. The molecule has 1 aliphatic carbocycles. The largest absolute Gasteiger partial charge is 0.475 e. The van der Waals surface area contributed by atoms with Crippen molar-refractivity contribution in [3.63, 3.8) is 0 Å². The first-order valence-electron chi connectivity index (χ1n) is 4.53. The number of allylic oxidation sites excluding steroid dienone is 4. The van der Waals surface area contributed by atoms with Gasteiger partial charge in [0.15, 0.2) is 0 Å². The van der Waals surface area contributed by atoms with Crippen LogP contribution in [0.25, 0.3) is 0 Å². The van der Waals surface area contributed by atoms with E-state index < -0.39 is 5.97 Å². The van der Waals surface area contributed by atoms with Gasteiger partial charge in [-0.1, -0.05) is 24.3 Å². The Hall–Kier alpha value is -1.97. The second-order valence-corrected chi connectivity index (χ2v) is 2.75. The van der Waals surface area contributed by atoms with Gasteiger partial charge in [0.05, 0.1) is 0 Å². The maximum absolute atomic E-state index is 10.0. The van der Waals surface area contributed by atoms with Gasteiger partial charge in [-0.15, -0.1) is 0 Å². The highest BCUT2D eigenvalue weighted by atomic mass is 16.5. The Labute approximate surface area is 87.8 Å². The molecule has 0 unspecified atom stereocenters. The number of carboxylic acid groups (broad SMARTS) is 1. The fraction of sp³-hybridized carbons (Fsp3) is 0.182. The lowest BCUT2D eigenvalue weighted by molar-refractivity contribution is -0.136. The molecule has 4 heteroatoms. The first-order valence-corrected chi connectivity index (χ1v) is 4.53. The number of aliphatic carboxylic acids is 1. The molecule has 15 heavy (non-hydrogen) atoms. The molecule has 4 nitrogen and oxygen atoms in total. The molecular formula is C11H12O4. The molecule has 2 rings (SSSR count). The predicted octanol–water partition coefficient (Wildman–Crippen LogP) is 2.32. The Kier molecular flexibility index (Phi) is 4.80. The number of rotatable bonds is 1. The minimum Gasteiger partial charge on any atom is -0.475 e. The summed E-state index contributed by atoms with van der Waals surface area (Å²) in [7, 11) is 0. The van der Waals surface area contributed by atoms with Crippen LogP contribution in [0.2, 0.25) is 0 Å². The molecule has 2 aliphatic rings. The van der Waals surface area contributed by atoms with Crippen LogP contribution >= 0.6 is 0 Å². The third kappa shape index (κ3) is 4.71. The van der Waals surface area contributed by atoms with E-state index in [-0.39, 0.29) is 5.76 Å². The van der Waals surface area contributed by atoms with Crippen molar-refractivity contribution in [2.45, 2.75) is 12.8 Å². The zero-order chi connectivity index (χ0) is 10.9. The van der Waals surface area contributed by atoms with Crippen LogP contribution in [0.3, 0.4) is 0 Å². The van der Waals surface area contributed by atoms with Crippen LogP contribution < -0.4 is 0 Å². The standard InChI is InChI=1S/C6H8.C5H4O4/c1-2-4-6-5-3-1;6-5(7)4-3-8-1-2-9-4/h1-4H,5-6H2;1-3H,(H,6,7). The number of carboxylic acids is 1. The molecule has 1 N–H and O–H groups in total. The summed E-state index contributed by atoms with van der Waals surface area (Å²) in [4.78, 5) is 10.0. The van der Waals surface area contributed by atoms with Gasteiger partial charge < -0.3 is 14.6 Å². The number of hydrogen-bond donors (Lipinski definition) is 1. The topological polar surface area (TPSA) is 55.8 Å². The molecule has 0 radical (unpaired) electrons. The van der Waals surface area contributed by atoms with Gasteiger partial charge in [0.2, 0.25) is 5.76 Å². The van der Waals surface area contributed by atoms with Crippen molar-refractivity contribution in [3.05, 3.63) is 48.8 Å². The number of ether oxygens (including phenoxy) is 2. The number of hydrogen-bond acceptors (Lipinski definition) is 3. The van der Waals surface area contributed by atoms with E-state index in [1.165, 1.54) is 19.1 Å². The van der Waals surface area contributed by atoms with Crippen molar-refractivity contribution in [2.24, 2.45) is 0 Å². The quantitative estimate of drug-likeness (QED) is 0.718. The minimum absolute atomic E-state index is 0.211. The summed E-state index contributed by atoms with van der Waals surface area (Å²) in [6.45, 7) is 0. The average molecular weight is 208 g/mol. The molecule has 0 atom stereocenters. The lowest BCUT2D eigenvalue weighted by Gasteiger charge is -2.03. The third-order valence-corrected chi connectivity index (χ3v) is 1.60. The van der Waals surface area contributed by atoms with Crippen molar-refractivity contribution in [3.8, 4) is 0 Å². The lowest BCUT2D eigenvalue weighted by atomic mass is 10.2. The molecule has 0 saturated carbocycles. The van der Waals surface area contributed by atoms with E-state index in [0.717, 1.165) is 12.5 Å². The minimum atomic E-state index is -1.14. The van der Waals surface area contributed by atoms with E-state index in [0.29, 0.717) is 0 Å². The Bertz CT molecular complexity index is 311. The van der Waals surface area contributed by atoms with E-state index in [4.69, 9.17) is 5.11 Å². The molecule has 0 bridgehead atoms. The highest BCUT2D eigenvalue weighted by Gasteiger charge is 2.09. The van der Waals surface area contributed by atoms with Gasteiger partial charge in [0, 0.05) is 0 Å². The van der Waals surface area contributed by atoms with Crippen molar-refractivity contribution in [2.75, 3.05) is 0 Å². The summed E-state index contributed by atoms with van der Waals surface area (Å²) in [5.41, 5.74) is 0. The molecule has 1 heterocycles. The van der Waals surface area contributed by atoms with Crippen LogP contribution in [0.4, 0.5) is 0 Å². The van der Waals surface area contributed by atoms with E-state index in [1.807, 2.05) is 0 Å². The first-order chi connectivity index (χ1) is 7.30. The molecule has 0 amide bonds. The van der Waals surface area contributed by atoms with Crippen molar-refractivity contribution in [1.82, 2.24) is 0 Å². The number of carbonyl (C=O) groups is 1. The van der Waals surface area contributed by atoms with Crippen LogP contribution in [0.1, 0.15) is 12.8 Å². The van der Waals surface area contributed by atoms with E-state index in [9.17, 15) is 4.79 Å². The maximum Gasteiger partial charge on any atom is 0.375 e. The molecule has 80 valence electrons. The predicted molar refractivity (Wildman–Crippen MR) is 54.5 cm³/mol. The van der Waals surface area contributed by atoms with Crippen molar-refractivity contribution in [1.29, 1.82) is 0 Å². The molecular weight excluding hydrogens is 196 g/mol. The zero-order valence-corrected chi connectivity index (χ0v) is 8.13. The lowest BCUT2D eigenvalue weighted by Crippen LogP contribution is -2.04. The molecule has 0 fully saturated rings. The summed E-state index contributed by atoms with van der Waals surface area (Å²) in [6, 6.07) is 0. The van der Waals surface area contributed by atoms with Crippen molar-refractivity contribution < 1.29 is 19.4 Å². The van der Waals surface area contributed by atoms with Crippen LogP contribution in [-0.4, -0.2) is 11.1 Å². The Morgan fingerprint density at radius 3 is 2.13 bits per heavy atom. The maximum atomic E-state index is 10.0. The zero-order valence-electron chi connectivity index (χ0n) is 8.13. The fourth-order valence-corrected chi connectivity index (χ4v) is 0.905. The average Bonchev–Trinajstić information content (AvgIpc) is 2.33. The summed E-state index contributed by atoms with van der Waals surface area (Å²) in [5, 5.41) is 8.23. The molecule has 0 spiro atoms. The van der Waals surface area contributed by atoms with Crippen LogP contribution in [0.5, 0.6) is 0 Å². The van der Waals surface area contributed by atoms with Gasteiger partial charge >= 0.3 is 5.97 Å². The Balaban J connectivity index is 0.000000162. The van der Waals surface area contributed by atoms with Crippen LogP contribution in [0.15, 0.2) is 48.8 Å². The van der Waals surface area contributed by atoms with Gasteiger partial charge in [-0.25, -0.2) is 4.79 Å². The molecule has 0 aromatic carbocycles. The van der Waals surface area contributed by atoms with Crippen LogP contribution in [0, 0.1) is 0 Å². The molecule has 0 aromatic rings. The molecule has 0 saturated heterocycles. The van der Waals surface area contributed by atoms with Gasteiger partial charge in [-0.2, -0.15) is 0 Å². The Morgan fingerprint density at radius 2 is 1.87 bits per heavy atom. The summed E-state index contributed by atoms with van der Waals surface area (Å²) >= 11 is 0. The van der Waals surface area contributed by atoms with Gasteiger partial charge in [0.25, 0.3) is 0 Å². The van der Waals surface area contributed by atoms with Crippen LogP contribution in [-0.2, 0) is 14.3 Å². The normalized spacial score (nSPS) is 16.7. The van der Waals surface area contributed by atoms with Gasteiger partial charge in [0.1, 0.15) is 18.8 Å². The summed E-state index contributed by atoms with van der Waals surface area (Å²) in [5.74, 6) is -1.35. The van der Waals surface area contributed by atoms with E-state index >= 15 is 0 Å². The highest BCUT2D eigenvalue weighted by molar-refractivity contribution is 5.84. The van der Waals surface area contributed by atoms with E-state index in [2.05, 4.69) is 33.8 Å². The second-order valence-electron chi connectivity index (χ2n) is 2.75. The van der Waals surface area contributed by atoms with Gasteiger partial charge in [-0.05, 0) is 12.8 Å². The van der Waals surface area contributed by atoms with E-state index in [1.54, 1.807) is 0 Å². The molecule has 0 aromatic heterocycles. The first kappa shape index (κ1) is 11.1. The second kappa shape index (κ2) is 6.48.